The van der Waals surface area contributed by atoms with Gasteiger partial charge in [0, 0.05) is 31.9 Å². The zero-order valence-corrected chi connectivity index (χ0v) is 17.2. The number of nitrogens with zero attached hydrogens (tertiary/aromatic N) is 2. The van der Waals surface area contributed by atoms with E-state index in [4.69, 9.17) is 14.2 Å². The van der Waals surface area contributed by atoms with Crippen molar-refractivity contribution in [2.75, 3.05) is 52.4 Å². The number of methoxy groups -OCH3 is 3. The number of benzene rings is 2. The molecule has 0 aliphatic carbocycles. The lowest BCUT2D eigenvalue weighted by Crippen LogP contribution is -2.49. The first-order valence-corrected chi connectivity index (χ1v) is 9.41. The number of hydrogen-bond donors (Lipinski definition) is 0. The van der Waals surface area contributed by atoms with Crippen molar-refractivity contribution < 1.29 is 19.0 Å². The van der Waals surface area contributed by atoms with Gasteiger partial charge in [0.2, 0.25) is 5.75 Å². The van der Waals surface area contributed by atoms with Crippen LogP contribution in [0, 0.1) is 13.8 Å². The summed E-state index contributed by atoms with van der Waals surface area (Å²) >= 11 is 0. The Labute approximate surface area is 166 Å². The van der Waals surface area contributed by atoms with E-state index in [2.05, 4.69) is 36.9 Å². The van der Waals surface area contributed by atoms with Crippen molar-refractivity contribution in [3.8, 4) is 17.2 Å². The Balaban J connectivity index is 1.78. The molecule has 0 aromatic heterocycles. The SMILES string of the molecule is COc1ccc(C(=O)N2CCN(c3cccc(C)c3C)CC2)c(OC)c1OC. The Kier molecular flexibility index (Phi) is 5.97. The van der Waals surface area contributed by atoms with Gasteiger partial charge in [0.15, 0.2) is 11.5 Å². The van der Waals surface area contributed by atoms with Crippen LogP contribution in [0.4, 0.5) is 5.69 Å². The molecule has 3 rings (SSSR count). The van der Waals surface area contributed by atoms with Crippen molar-refractivity contribution in [1.29, 1.82) is 0 Å². The summed E-state index contributed by atoms with van der Waals surface area (Å²) in [5, 5.41) is 0. The lowest BCUT2D eigenvalue weighted by molar-refractivity contribution is 0.0742. The zero-order chi connectivity index (χ0) is 20.3. The number of ether oxygens (including phenoxy) is 3. The molecule has 1 heterocycles. The number of aryl methyl sites for hydroxylation is 1. The number of carbonyl (C=O) groups is 1. The summed E-state index contributed by atoms with van der Waals surface area (Å²) in [5.41, 5.74) is 4.31. The highest BCUT2D eigenvalue weighted by atomic mass is 16.5. The molecule has 1 fully saturated rings. The van der Waals surface area contributed by atoms with Gasteiger partial charge < -0.3 is 24.0 Å². The van der Waals surface area contributed by atoms with E-state index in [1.165, 1.54) is 31.0 Å². The first-order chi connectivity index (χ1) is 13.5. The molecule has 1 amide bonds. The molecular weight excluding hydrogens is 356 g/mol. The van der Waals surface area contributed by atoms with E-state index in [1.54, 1.807) is 19.2 Å². The van der Waals surface area contributed by atoms with E-state index in [-0.39, 0.29) is 5.91 Å². The Morgan fingerprint density at radius 2 is 1.54 bits per heavy atom. The number of carbonyl (C=O) groups excluding carboxylic acids is 1. The topological polar surface area (TPSA) is 51.2 Å². The highest BCUT2D eigenvalue weighted by molar-refractivity contribution is 5.98. The van der Waals surface area contributed by atoms with Gasteiger partial charge in [0.25, 0.3) is 5.91 Å². The fourth-order valence-corrected chi connectivity index (χ4v) is 3.67. The van der Waals surface area contributed by atoms with Crippen LogP contribution in [0.25, 0.3) is 0 Å². The van der Waals surface area contributed by atoms with Gasteiger partial charge in [-0.15, -0.1) is 0 Å². The molecule has 0 spiro atoms. The van der Waals surface area contributed by atoms with Gasteiger partial charge in [0.1, 0.15) is 0 Å². The molecule has 0 radical (unpaired) electrons. The van der Waals surface area contributed by atoms with Crippen LogP contribution >= 0.6 is 0 Å². The minimum Gasteiger partial charge on any atom is -0.493 e. The first-order valence-electron chi connectivity index (χ1n) is 9.41. The molecule has 0 saturated carbocycles. The normalized spacial score (nSPS) is 14.0. The molecular formula is C22H28N2O4. The first kappa shape index (κ1) is 19.9. The maximum absolute atomic E-state index is 13.1. The lowest BCUT2D eigenvalue weighted by atomic mass is 10.1. The molecule has 1 saturated heterocycles. The molecule has 0 atom stereocenters. The second-order valence-corrected chi connectivity index (χ2v) is 6.88. The van der Waals surface area contributed by atoms with E-state index in [1.807, 2.05) is 4.90 Å². The third kappa shape index (κ3) is 3.59. The molecule has 6 nitrogen and oxygen atoms in total. The zero-order valence-electron chi connectivity index (χ0n) is 17.2. The van der Waals surface area contributed by atoms with Crippen LogP contribution in [-0.2, 0) is 0 Å². The van der Waals surface area contributed by atoms with Gasteiger partial charge >= 0.3 is 0 Å². The smallest absolute Gasteiger partial charge is 0.257 e. The predicted molar refractivity (Wildman–Crippen MR) is 110 cm³/mol. The van der Waals surface area contributed by atoms with Crippen molar-refractivity contribution in [1.82, 2.24) is 4.90 Å². The number of rotatable bonds is 5. The van der Waals surface area contributed by atoms with E-state index in [0.29, 0.717) is 35.9 Å². The summed E-state index contributed by atoms with van der Waals surface area (Å²) in [6.45, 7) is 7.18. The van der Waals surface area contributed by atoms with Crippen molar-refractivity contribution >= 4 is 11.6 Å². The van der Waals surface area contributed by atoms with Crippen molar-refractivity contribution in [2.45, 2.75) is 13.8 Å². The maximum Gasteiger partial charge on any atom is 0.257 e. The average Bonchev–Trinajstić information content (AvgIpc) is 2.74. The third-order valence-corrected chi connectivity index (χ3v) is 5.42. The van der Waals surface area contributed by atoms with Crippen molar-refractivity contribution in [2.24, 2.45) is 0 Å². The summed E-state index contributed by atoms with van der Waals surface area (Å²) in [6, 6.07) is 9.84. The molecule has 28 heavy (non-hydrogen) atoms. The molecule has 150 valence electrons. The van der Waals surface area contributed by atoms with Crippen LogP contribution in [0.2, 0.25) is 0 Å². The van der Waals surface area contributed by atoms with E-state index in [0.717, 1.165) is 13.1 Å². The van der Waals surface area contributed by atoms with Gasteiger partial charge in [-0.2, -0.15) is 0 Å². The highest BCUT2D eigenvalue weighted by Crippen LogP contribution is 2.40. The number of hydrogen-bond acceptors (Lipinski definition) is 5. The van der Waals surface area contributed by atoms with Gasteiger partial charge in [-0.1, -0.05) is 12.1 Å². The van der Waals surface area contributed by atoms with E-state index < -0.39 is 0 Å². The van der Waals surface area contributed by atoms with Gasteiger partial charge in [-0.25, -0.2) is 0 Å². The Morgan fingerprint density at radius 1 is 0.857 bits per heavy atom. The standard InChI is InChI=1S/C22H28N2O4/c1-15-7-6-8-18(16(15)2)23-11-13-24(14-12-23)22(25)17-9-10-19(26-3)21(28-5)20(17)27-4/h6-10H,11-14H2,1-5H3. The molecule has 0 unspecified atom stereocenters. The van der Waals surface area contributed by atoms with Gasteiger partial charge in [-0.3, -0.25) is 4.79 Å². The Bertz CT molecular complexity index is 858. The quantitative estimate of drug-likeness (QED) is 0.792. The van der Waals surface area contributed by atoms with Crippen LogP contribution in [0.15, 0.2) is 30.3 Å². The minimum atomic E-state index is -0.0570. The fourth-order valence-electron chi connectivity index (χ4n) is 3.67. The average molecular weight is 384 g/mol. The Hall–Kier alpha value is -2.89. The summed E-state index contributed by atoms with van der Waals surface area (Å²) in [7, 11) is 4.63. The molecule has 6 heteroatoms. The van der Waals surface area contributed by atoms with Gasteiger partial charge in [-0.05, 0) is 43.2 Å². The molecule has 1 aliphatic heterocycles. The molecule has 0 bridgehead atoms. The number of amides is 1. The summed E-state index contributed by atoms with van der Waals surface area (Å²) in [4.78, 5) is 17.4. The molecule has 2 aromatic carbocycles. The Morgan fingerprint density at radius 3 is 2.14 bits per heavy atom. The molecule has 0 N–H and O–H groups in total. The summed E-state index contributed by atoms with van der Waals surface area (Å²) < 4.78 is 16.2. The third-order valence-electron chi connectivity index (χ3n) is 5.42. The van der Waals surface area contributed by atoms with Crippen LogP contribution in [0.1, 0.15) is 21.5 Å². The lowest BCUT2D eigenvalue weighted by Gasteiger charge is -2.37. The largest absolute Gasteiger partial charge is 0.493 e. The maximum atomic E-state index is 13.1. The minimum absolute atomic E-state index is 0.0570. The molecule has 1 aliphatic rings. The van der Waals surface area contributed by atoms with Crippen LogP contribution in [0.3, 0.4) is 0 Å². The number of anilines is 1. The summed E-state index contributed by atoms with van der Waals surface area (Å²) in [5.74, 6) is 1.32. The second-order valence-electron chi connectivity index (χ2n) is 6.88. The monoisotopic (exact) mass is 384 g/mol. The van der Waals surface area contributed by atoms with E-state index in [9.17, 15) is 4.79 Å². The van der Waals surface area contributed by atoms with Crippen molar-refractivity contribution in [3.05, 3.63) is 47.0 Å². The highest BCUT2D eigenvalue weighted by Gasteiger charge is 2.27. The van der Waals surface area contributed by atoms with Crippen LogP contribution in [0.5, 0.6) is 17.2 Å². The molecule has 2 aromatic rings. The van der Waals surface area contributed by atoms with Crippen LogP contribution in [-0.4, -0.2) is 58.3 Å². The second kappa shape index (κ2) is 8.42. The van der Waals surface area contributed by atoms with Crippen LogP contribution < -0.4 is 19.1 Å². The number of piperazine rings is 1. The van der Waals surface area contributed by atoms with Crippen molar-refractivity contribution in [3.63, 3.8) is 0 Å². The van der Waals surface area contributed by atoms with E-state index >= 15 is 0 Å². The van der Waals surface area contributed by atoms with Gasteiger partial charge in [0.05, 0.1) is 26.9 Å². The summed E-state index contributed by atoms with van der Waals surface area (Å²) in [6.07, 6.45) is 0. The predicted octanol–water partition coefficient (Wildman–Crippen LogP) is 3.29. The fraction of sp³-hybridized carbons (Fsp3) is 0.409.